The van der Waals surface area contributed by atoms with Crippen molar-refractivity contribution in [2.45, 2.75) is 18.6 Å². The van der Waals surface area contributed by atoms with Gasteiger partial charge in [0.2, 0.25) is 0 Å². The third-order valence-electron chi connectivity index (χ3n) is 2.48. The van der Waals surface area contributed by atoms with Gasteiger partial charge in [-0.3, -0.25) is 4.98 Å². The molecule has 0 radical (unpaired) electrons. The summed E-state index contributed by atoms with van der Waals surface area (Å²) < 4.78 is 61.7. The van der Waals surface area contributed by atoms with Crippen LogP contribution in [0.1, 0.15) is 11.3 Å². The molecule has 0 aliphatic carbocycles. The van der Waals surface area contributed by atoms with Crippen LogP contribution in [0.25, 0.3) is 0 Å². The molecule has 1 N–H and O–H groups in total. The van der Waals surface area contributed by atoms with Crippen molar-refractivity contribution in [2.75, 3.05) is 13.1 Å². The van der Waals surface area contributed by atoms with E-state index in [0.29, 0.717) is 5.69 Å². The van der Waals surface area contributed by atoms with Crippen LogP contribution >= 0.6 is 0 Å². The van der Waals surface area contributed by atoms with Gasteiger partial charge in [0.1, 0.15) is 0 Å². The molecule has 1 aromatic heterocycles. The van der Waals surface area contributed by atoms with Crippen LogP contribution in [-0.2, 0) is 12.7 Å². The van der Waals surface area contributed by atoms with Crippen molar-refractivity contribution < 1.29 is 22.0 Å². The molecule has 2 heterocycles. The van der Waals surface area contributed by atoms with E-state index in [-0.39, 0.29) is 6.54 Å². The third-order valence-corrected chi connectivity index (χ3v) is 2.48. The molecule has 8 heteroatoms. The average molecular weight is 267 g/mol. The van der Waals surface area contributed by atoms with Crippen molar-refractivity contribution in [3.63, 3.8) is 0 Å². The second kappa shape index (κ2) is 4.43. The highest BCUT2D eigenvalue weighted by molar-refractivity contribution is 5.16. The Morgan fingerprint density at radius 1 is 1.28 bits per heavy atom. The minimum Gasteiger partial charge on any atom is -0.259 e. The van der Waals surface area contributed by atoms with Crippen molar-refractivity contribution >= 4 is 0 Å². The van der Waals surface area contributed by atoms with E-state index >= 15 is 0 Å². The van der Waals surface area contributed by atoms with Crippen LogP contribution in [0.4, 0.5) is 22.0 Å². The molecule has 100 valence electrons. The summed E-state index contributed by atoms with van der Waals surface area (Å²) in [5, 5.41) is 1.29. The van der Waals surface area contributed by atoms with Gasteiger partial charge in [0.25, 0.3) is 5.92 Å². The van der Waals surface area contributed by atoms with Gasteiger partial charge in [-0.25, -0.2) is 19.2 Å². The fourth-order valence-electron chi connectivity index (χ4n) is 1.51. The van der Waals surface area contributed by atoms with Crippen molar-refractivity contribution in [1.29, 1.82) is 0 Å². The van der Waals surface area contributed by atoms with Gasteiger partial charge in [0.15, 0.2) is 0 Å². The molecule has 1 aliphatic heterocycles. The molecular formula is C10H10F5N3. The maximum absolute atomic E-state index is 12.5. The Balaban J connectivity index is 1.84. The van der Waals surface area contributed by atoms with Crippen molar-refractivity contribution in [1.82, 2.24) is 15.4 Å². The smallest absolute Gasteiger partial charge is 0.259 e. The Morgan fingerprint density at radius 3 is 2.39 bits per heavy atom. The molecule has 0 spiro atoms. The standard InChI is InChI=1S/C10H10F5N3/c11-9(12)5-18(6-9)17-4-8-2-1-7(3-16-8)10(13,14)15/h1-3,17H,4-6H2. The Hall–Kier alpha value is -1.28. The van der Waals surface area contributed by atoms with E-state index in [0.717, 1.165) is 12.3 Å². The van der Waals surface area contributed by atoms with E-state index in [1.807, 2.05) is 0 Å². The molecule has 0 unspecified atom stereocenters. The Bertz CT molecular complexity index is 407. The molecule has 2 rings (SSSR count). The first-order valence-electron chi connectivity index (χ1n) is 5.15. The Morgan fingerprint density at radius 2 is 1.94 bits per heavy atom. The van der Waals surface area contributed by atoms with Gasteiger partial charge in [0, 0.05) is 6.20 Å². The maximum Gasteiger partial charge on any atom is 0.417 e. The number of alkyl halides is 5. The fraction of sp³-hybridized carbons (Fsp3) is 0.500. The number of halogens is 5. The number of nitrogens with one attached hydrogen (secondary N) is 1. The first kappa shape index (κ1) is 13.2. The summed E-state index contributed by atoms with van der Waals surface area (Å²) in [6.07, 6.45) is -3.69. The summed E-state index contributed by atoms with van der Waals surface area (Å²) in [6, 6.07) is 2.13. The lowest BCUT2D eigenvalue weighted by atomic mass is 10.2. The predicted octanol–water partition coefficient (Wildman–Crippen LogP) is 2.06. The number of nitrogens with zero attached hydrogens (tertiary/aromatic N) is 2. The van der Waals surface area contributed by atoms with Crippen LogP contribution in [0.3, 0.4) is 0 Å². The number of hydrazine groups is 1. The zero-order chi connectivity index (χ0) is 13.4. The SMILES string of the molecule is FC1(F)CN(NCc2ccc(C(F)(F)F)cn2)C1. The second-order valence-corrected chi connectivity index (χ2v) is 4.08. The lowest BCUT2D eigenvalue weighted by Gasteiger charge is -2.38. The molecule has 1 aliphatic rings. The van der Waals surface area contributed by atoms with E-state index < -0.39 is 30.8 Å². The van der Waals surface area contributed by atoms with Crippen molar-refractivity contribution in [2.24, 2.45) is 0 Å². The molecule has 0 bridgehead atoms. The molecule has 0 aromatic carbocycles. The summed E-state index contributed by atoms with van der Waals surface area (Å²) in [5.41, 5.74) is 2.19. The van der Waals surface area contributed by atoms with Gasteiger partial charge in [-0.15, -0.1) is 0 Å². The van der Waals surface area contributed by atoms with Crippen molar-refractivity contribution in [3.05, 3.63) is 29.6 Å². The summed E-state index contributed by atoms with van der Waals surface area (Å²) in [5.74, 6) is -2.68. The number of pyridine rings is 1. The van der Waals surface area contributed by atoms with Gasteiger partial charge in [-0.05, 0) is 12.1 Å². The topological polar surface area (TPSA) is 28.2 Å². The molecule has 0 atom stereocenters. The van der Waals surface area contributed by atoms with Gasteiger partial charge in [-0.2, -0.15) is 13.2 Å². The number of rotatable bonds is 3. The maximum atomic E-state index is 12.5. The summed E-state index contributed by atoms with van der Waals surface area (Å²) in [6.45, 7) is -0.671. The monoisotopic (exact) mass is 267 g/mol. The zero-order valence-electron chi connectivity index (χ0n) is 9.14. The third kappa shape index (κ3) is 3.14. The number of hydrogen-bond acceptors (Lipinski definition) is 3. The van der Waals surface area contributed by atoms with E-state index in [2.05, 4.69) is 10.4 Å². The first-order valence-corrected chi connectivity index (χ1v) is 5.15. The van der Waals surface area contributed by atoms with Crippen LogP contribution in [0.15, 0.2) is 18.3 Å². The fourth-order valence-corrected chi connectivity index (χ4v) is 1.51. The summed E-state index contributed by atoms with van der Waals surface area (Å²) in [7, 11) is 0. The van der Waals surface area contributed by atoms with Crippen LogP contribution in [0, 0.1) is 0 Å². The normalized spacial score (nSPS) is 19.6. The minimum atomic E-state index is -4.42. The molecule has 1 saturated heterocycles. The highest BCUT2D eigenvalue weighted by Crippen LogP contribution is 2.28. The zero-order valence-corrected chi connectivity index (χ0v) is 9.14. The van der Waals surface area contributed by atoms with E-state index in [9.17, 15) is 22.0 Å². The van der Waals surface area contributed by atoms with Crippen LogP contribution in [0.5, 0.6) is 0 Å². The minimum absolute atomic E-state index is 0.119. The number of hydrogen-bond donors (Lipinski definition) is 1. The predicted molar refractivity (Wildman–Crippen MR) is 52.6 cm³/mol. The average Bonchev–Trinajstić information content (AvgIpc) is 2.22. The highest BCUT2D eigenvalue weighted by Gasteiger charge is 2.43. The Kier molecular flexibility index (Phi) is 3.24. The molecule has 1 fully saturated rings. The quantitative estimate of drug-likeness (QED) is 0.850. The summed E-state index contributed by atoms with van der Waals surface area (Å²) >= 11 is 0. The molecule has 0 amide bonds. The van der Waals surface area contributed by atoms with E-state index in [1.54, 1.807) is 0 Å². The summed E-state index contributed by atoms with van der Waals surface area (Å²) in [4.78, 5) is 3.62. The molecule has 3 nitrogen and oxygen atoms in total. The second-order valence-electron chi connectivity index (χ2n) is 4.08. The van der Waals surface area contributed by atoms with Gasteiger partial charge >= 0.3 is 6.18 Å². The van der Waals surface area contributed by atoms with Crippen LogP contribution in [0.2, 0.25) is 0 Å². The molecule has 0 saturated carbocycles. The highest BCUT2D eigenvalue weighted by atomic mass is 19.4. The van der Waals surface area contributed by atoms with Crippen molar-refractivity contribution in [3.8, 4) is 0 Å². The molecule has 1 aromatic rings. The largest absolute Gasteiger partial charge is 0.417 e. The van der Waals surface area contributed by atoms with Gasteiger partial charge < -0.3 is 0 Å². The van der Waals surface area contributed by atoms with Crippen LogP contribution < -0.4 is 5.43 Å². The lowest BCUT2D eigenvalue weighted by molar-refractivity contribution is -0.152. The van der Waals surface area contributed by atoms with Gasteiger partial charge in [-0.1, -0.05) is 0 Å². The Labute approximate surface area is 99.6 Å². The number of aromatic nitrogens is 1. The lowest BCUT2D eigenvalue weighted by Crippen LogP contribution is -2.61. The van der Waals surface area contributed by atoms with Gasteiger partial charge in [0.05, 0.1) is 30.9 Å². The first-order chi connectivity index (χ1) is 8.26. The molecule has 18 heavy (non-hydrogen) atoms. The molecular weight excluding hydrogens is 257 g/mol. The van der Waals surface area contributed by atoms with Crippen LogP contribution in [-0.4, -0.2) is 29.0 Å². The van der Waals surface area contributed by atoms with E-state index in [4.69, 9.17) is 0 Å². The van der Waals surface area contributed by atoms with E-state index in [1.165, 1.54) is 11.1 Å².